The maximum atomic E-state index is 6.24. The summed E-state index contributed by atoms with van der Waals surface area (Å²) in [5.41, 5.74) is 1.22. The Bertz CT molecular complexity index is 456. The molecule has 0 aliphatic carbocycles. The molecule has 2 atom stereocenters. The van der Waals surface area contributed by atoms with Crippen molar-refractivity contribution in [1.29, 1.82) is 0 Å². The van der Waals surface area contributed by atoms with Gasteiger partial charge >= 0.3 is 0 Å². The van der Waals surface area contributed by atoms with Crippen LogP contribution in [0.15, 0.2) is 24.3 Å². The molecular formula is C16H24INO. The Morgan fingerprint density at radius 2 is 2.00 bits per heavy atom. The molecule has 0 amide bonds. The molecule has 1 saturated heterocycles. The second-order valence-electron chi connectivity index (χ2n) is 6.60. The Labute approximate surface area is 130 Å². The van der Waals surface area contributed by atoms with Crippen LogP contribution >= 0.6 is 22.6 Å². The van der Waals surface area contributed by atoms with Crippen molar-refractivity contribution in [2.45, 2.75) is 51.4 Å². The van der Waals surface area contributed by atoms with E-state index >= 15 is 0 Å². The van der Waals surface area contributed by atoms with Gasteiger partial charge in [-0.05, 0) is 81.5 Å². The first-order valence-corrected chi connectivity index (χ1v) is 7.96. The van der Waals surface area contributed by atoms with Crippen LogP contribution in [-0.4, -0.2) is 18.2 Å². The molecule has 1 aliphatic rings. The lowest BCUT2D eigenvalue weighted by molar-refractivity contribution is -0.0776. The van der Waals surface area contributed by atoms with Crippen molar-refractivity contribution in [3.05, 3.63) is 33.4 Å². The van der Waals surface area contributed by atoms with E-state index in [1.165, 1.54) is 9.13 Å². The molecule has 1 fully saturated rings. The number of hydrogen-bond donors (Lipinski definition) is 1. The normalized spacial score (nSPS) is 26.3. The standard InChI is InChI=1S/C16H24INO/c1-15(2)10-13(16(3,4)19-15)14(18-5)11-7-6-8-12(17)9-11/h6-9,13-14,18H,10H2,1-5H3. The maximum Gasteiger partial charge on any atom is 0.0681 e. The predicted molar refractivity (Wildman–Crippen MR) is 88.3 cm³/mol. The van der Waals surface area contributed by atoms with Crippen LogP contribution < -0.4 is 5.32 Å². The molecule has 1 N–H and O–H groups in total. The van der Waals surface area contributed by atoms with Crippen LogP contribution in [0.5, 0.6) is 0 Å². The van der Waals surface area contributed by atoms with Gasteiger partial charge in [0.2, 0.25) is 0 Å². The highest BCUT2D eigenvalue weighted by Gasteiger charge is 2.48. The zero-order valence-corrected chi connectivity index (χ0v) is 14.6. The summed E-state index contributed by atoms with van der Waals surface area (Å²) in [6.07, 6.45) is 1.08. The molecule has 0 spiro atoms. The van der Waals surface area contributed by atoms with Crippen molar-refractivity contribution < 1.29 is 4.74 Å². The molecule has 0 saturated carbocycles. The summed E-state index contributed by atoms with van der Waals surface area (Å²) in [5, 5.41) is 3.50. The number of ether oxygens (including phenoxy) is 1. The van der Waals surface area contributed by atoms with Crippen LogP contribution in [0, 0.1) is 9.49 Å². The van der Waals surface area contributed by atoms with E-state index in [0.29, 0.717) is 12.0 Å². The minimum atomic E-state index is -0.0988. The van der Waals surface area contributed by atoms with E-state index in [-0.39, 0.29) is 11.2 Å². The van der Waals surface area contributed by atoms with Gasteiger partial charge in [0, 0.05) is 15.5 Å². The first-order valence-electron chi connectivity index (χ1n) is 6.88. The van der Waals surface area contributed by atoms with Crippen LogP contribution in [0.4, 0.5) is 0 Å². The molecule has 0 radical (unpaired) electrons. The van der Waals surface area contributed by atoms with Crippen LogP contribution in [0.3, 0.4) is 0 Å². The van der Waals surface area contributed by atoms with Crippen LogP contribution in [0.1, 0.15) is 45.7 Å². The van der Waals surface area contributed by atoms with E-state index in [0.717, 1.165) is 6.42 Å². The Morgan fingerprint density at radius 3 is 2.47 bits per heavy atom. The van der Waals surface area contributed by atoms with Crippen LogP contribution in [0.2, 0.25) is 0 Å². The van der Waals surface area contributed by atoms with Crippen molar-refractivity contribution in [3.63, 3.8) is 0 Å². The Balaban J connectivity index is 2.32. The van der Waals surface area contributed by atoms with E-state index in [2.05, 4.69) is 79.9 Å². The molecule has 1 aromatic rings. The summed E-state index contributed by atoms with van der Waals surface area (Å²) < 4.78 is 7.53. The molecule has 2 unspecified atom stereocenters. The number of benzene rings is 1. The minimum absolute atomic E-state index is 0.0365. The monoisotopic (exact) mass is 373 g/mol. The van der Waals surface area contributed by atoms with Crippen molar-refractivity contribution >= 4 is 22.6 Å². The van der Waals surface area contributed by atoms with E-state index < -0.39 is 0 Å². The van der Waals surface area contributed by atoms with E-state index in [1.807, 2.05) is 7.05 Å². The van der Waals surface area contributed by atoms with Crippen molar-refractivity contribution in [2.75, 3.05) is 7.05 Å². The SMILES string of the molecule is CNC(c1cccc(I)c1)C1CC(C)(C)OC1(C)C. The number of rotatable bonds is 3. The lowest BCUT2D eigenvalue weighted by atomic mass is 9.79. The van der Waals surface area contributed by atoms with E-state index in [4.69, 9.17) is 4.74 Å². The first-order chi connectivity index (χ1) is 8.75. The maximum absolute atomic E-state index is 6.24. The number of nitrogens with one attached hydrogen (secondary N) is 1. The fraction of sp³-hybridized carbons (Fsp3) is 0.625. The third-order valence-electron chi connectivity index (χ3n) is 4.06. The Morgan fingerprint density at radius 1 is 1.32 bits per heavy atom. The van der Waals surface area contributed by atoms with Gasteiger partial charge in [-0.1, -0.05) is 12.1 Å². The van der Waals surface area contributed by atoms with Crippen molar-refractivity contribution in [1.82, 2.24) is 5.32 Å². The summed E-state index contributed by atoms with van der Waals surface area (Å²) in [6.45, 7) is 8.81. The number of hydrogen-bond acceptors (Lipinski definition) is 2. The summed E-state index contributed by atoms with van der Waals surface area (Å²) in [5.74, 6) is 0.477. The highest BCUT2D eigenvalue weighted by atomic mass is 127. The smallest absolute Gasteiger partial charge is 0.0681 e. The second-order valence-corrected chi connectivity index (χ2v) is 7.84. The van der Waals surface area contributed by atoms with Gasteiger partial charge in [0.1, 0.15) is 0 Å². The average molecular weight is 373 g/mol. The molecule has 106 valence electrons. The van der Waals surface area contributed by atoms with Gasteiger partial charge in [0.15, 0.2) is 0 Å². The van der Waals surface area contributed by atoms with Crippen molar-refractivity contribution in [2.24, 2.45) is 5.92 Å². The largest absolute Gasteiger partial charge is 0.369 e. The summed E-state index contributed by atoms with van der Waals surface area (Å²) in [6, 6.07) is 9.09. The third kappa shape index (κ3) is 3.31. The molecule has 0 aromatic heterocycles. The van der Waals surface area contributed by atoms with Gasteiger partial charge < -0.3 is 10.1 Å². The molecule has 0 bridgehead atoms. The van der Waals surface area contributed by atoms with E-state index in [9.17, 15) is 0 Å². The average Bonchev–Trinajstić information content (AvgIpc) is 2.48. The zero-order valence-electron chi connectivity index (χ0n) is 12.5. The molecule has 2 rings (SSSR count). The van der Waals surface area contributed by atoms with Crippen LogP contribution in [-0.2, 0) is 4.74 Å². The molecule has 1 aromatic carbocycles. The minimum Gasteiger partial charge on any atom is -0.369 e. The fourth-order valence-corrected chi connectivity index (χ4v) is 3.99. The topological polar surface area (TPSA) is 21.3 Å². The van der Waals surface area contributed by atoms with Gasteiger partial charge in [0.05, 0.1) is 11.2 Å². The van der Waals surface area contributed by atoms with Crippen molar-refractivity contribution in [3.8, 4) is 0 Å². The molecule has 3 heteroatoms. The zero-order chi connectivity index (χ0) is 14.3. The fourth-order valence-electron chi connectivity index (χ4n) is 3.42. The number of halogens is 1. The first kappa shape index (κ1) is 15.3. The summed E-state index contributed by atoms with van der Waals surface area (Å²) in [7, 11) is 2.05. The quantitative estimate of drug-likeness (QED) is 0.804. The predicted octanol–water partition coefficient (Wildman–Crippen LogP) is 4.15. The van der Waals surface area contributed by atoms with Gasteiger partial charge in [-0.3, -0.25) is 0 Å². The molecule has 19 heavy (non-hydrogen) atoms. The molecule has 1 heterocycles. The Kier molecular flexibility index (Phi) is 4.29. The summed E-state index contributed by atoms with van der Waals surface area (Å²) in [4.78, 5) is 0. The van der Waals surface area contributed by atoms with Gasteiger partial charge in [-0.15, -0.1) is 0 Å². The third-order valence-corrected chi connectivity index (χ3v) is 4.74. The van der Waals surface area contributed by atoms with Crippen LogP contribution in [0.25, 0.3) is 0 Å². The van der Waals surface area contributed by atoms with Gasteiger partial charge in [-0.2, -0.15) is 0 Å². The van der Waals surface area contributed by atoms with Gasteiger partial charge in [0.25, 0.3) is 0 Å². The van der Waals surface area contributed by atoms with E-state index in [1.54, 1.807) is 0 Å². The lowest BCUT2D eigenvalue weighted by Crippen LogP contribution is -2.37. The molecule has 2 nitrogen and oxygen atoms in total. The lowest BCUT2D eigenvalue weighted by Gasteiger charge is -2.33. The summed E-state index contributed by atoms with van der Waals surface area (Å²) >= 11 is 2.37. The molecule has 1 aliphatic heterocycles. The highest BCUT2D eigenvalue weighted by molar-refractivity contribution is 14.1. The second kappa shape index (κ2) is 5.34. The highest BCUT2D eigenvalue weighted by Crippen LogP contribution is 2.47. The van der Waals surface area contributed by atoms with Gasteiger partial charge in [-0.25, -0.2) is 0 Å². The Hall–Kier alpha value is -0.130. The molecular weight excluding hydrogens is 349 g/mol.